The summed E-state index contributed by atoms with van der Waals surface area (Å²) in [6.45, 7) is 2.93. The summed E-state index contributed by atoms with van der Waals surface area (Å²) in [6.07, 6.45) is 3.15. The zero-order valence-corrected chi connectivity index (χ0v) is 15.5. The third-order valence-corrected chi connectivity index (χ3v) is 5.09. The second-order valence-electron chi connectivity index (χ2n) is 6.90. The Morgan fingerprint density at radius 2 is 1.86 bits per heavy atom. The van der Waals surface area contributed by atoms with E-state index >= 15 is 0 Å². The summed E-state index contributed by atoms with van der Waals surface area (Å²) in [7, 11) is 0. The first-order valence-electron chi connectivity index (χ1n) is 9.18. The molecule has 142 valence electrons. The highest BCUT2D eigenvalue weighted by atomic mass is 16.2. The molecule has 1 N–H and O–H groups in total. The van der Waals surface area contributed by atoms with Crippen LogP contribution in [-0.4, -0.2) is 63.0 Å². The topological polar surface area (TPSA) is 86.4 Å². The molecule has 3 heterocycles. The van der Waals surface area contributed by atoms with Crippen molar-refractivity contribution in [1.29, 1.82) is 0 Å². The van der Waals surface area contributed by atoms with Crippen molar-refractivity contribution in [3.05, 3.63) is 66.0 Å². The maximum absolute atomic E-state index is 12.8. The minimum absolute atomic E-state index is 0.0609. The predicted octanol–water partition coefficient (Wildman–Crippen LogP) is 2.12. The van der Waals surface area contributed by atoms with E-state index in [1.54, 1.807) is 35.4 Å². The van der Waals surface area contributed by atoms with Gasteiger partial charge in [0.25, 0.3) is 17.6 Å². The van der Waals surface area contributed by atoms with Crippen LogP contribution in [0.3, 0.4) is 0 Å². The lowest BCUT2D eigenvalue weighted by atomic mass is 10.1. The molecule has 0 spiro atoms. The number of nitrogens with zero attached hydrogens (tertiary/aromatic N) is 3. The molecule has 1 aliphatic heterocycles. The molecular weight excluding hydrogens is 356 g/mol. The van der Waals surface area contributed by atoms with E-state index in [0.29, 0.717) is 41.8 Å². The minimum atomic E-state index is -0.561. The van der Waals surface area contributed by atoms with E-state index in [1.165, 1.54) is 11.1 Å². The second kappa shape index (κ2) is 7.26. The third-order valence-electron chi connectivity index (χ3n) is 5.09. The van der Waals surface area contributed by atoms with Gasteiger partial charge in [-0.15, -0.1) is 0 Å². The number of piperazine rings is 1. The van der Waals surface area contributed by atoms with Crippen LogP contribution in [0, 0.1) is 0 Å². The highest BCUT2D eigenvalue weighted by molar-refractivity contribution is 6.44. The molecule has 28 heavy (non-hydrogen) atoms. The molecule has 0 saturated carbocycles. The lowest BCUT2D eigenvalue weighted by Gasteiger charge is -2.39. The summed E-state index contributed by atoms with van der Waals surface area (Å²) in [5.74, 6) is -1.17. The molecule has 1 aliphatic rings. The van der Waals surface area contributed by atoms with Gasteiger partial charge in [-0.1, -0.05) is 18.2 Å². The Hall–Kier alpha value is -3.48. The molecule has 0 radical (unpaired) electrons. The molecule has 2 amide bonds. The number of benzene rings is 1. The number of H-pyrrole nitrogens is 1. The van der Waals surface area contributed by atoms with Crippen LogP contribution in [0.2, 0.25) is 0 Å². The molecule has 4 rings (SSSR count). The average Bonchev–Trinajstić information content (AvgIpc) is 3.17. The van der Waals surface area contributed by atoms with Gasteiger partial charge >= 0.3 is 0 Å². The molecule has 1 atom stereocenters. The first-order valence-corrected chi connectivity index (χ1v) is 9.18. The Morgan fingerprint density at radius 1 is 1.07 bits per heavy atom. The SMILES string of the molecule is CC1CN(C(=O)C(=O)c2c[nH]c3ncccc23)CCN1C(=O)c1ccccc1. The van der Waals surface area contributed by atoms with Gasteiger partial charge in [-0.05, 0) is 31.2 Å². The van der Waals surface area contributed by atoms with Crippen LogP contribution in [0.15, 0.2) is 54.9 Å². The van der Waals surface area contributed by atoms with Crippen molar-refractivity contribution in [3.63, 3.8) is 0 Å². The van der Waals surface area contributed by atoms with E-state index in [0.717, 1.165) is 0 Å². The fourth-order valence-corrected chi connectivity index (χ4v) is 3.59. The van der Waals surface area contributed by atoms with Gasteiger partial charge in [-0.3, -0.25) is 14.4 Å². The third kappa shape index (κ3) is 3.15. The number of ketones is 1. The van der Waals surface area contributed by atoms with Crippen LogP contribution in [0.4, 0.5) is 0 Å². The summed E-state index contributed by atoms with van der Waals surface area (Å²) in [5, 5.41) is 0.631. The number of aromatic amines is 1. The number of pyridine rings is 1. The van der Waals surface area contributed by atoms with Crippen molar-refractivity contribution < 1.29 is 14.4 Å². The van der Waals surface area contributed by atoms with Crippen LogP contribution in [0.5, 0.6) is 0 Å². The lowest BCUT2D eigenvalue weighted by Crippen LogP contribution is -2.56. The molecule has 7 nitrogen and oxygen atoms in total. The molecular formula is C21H20N4O3. The number of fused-ring (bicyclic) bond motifs is 1. The van der Waals surface area contributed by atoms with Gasteiger partial charge in [0, 0.05) is 49.0 Å². The smallest absolute Gasteiger partial charge is 0.295 e. The number of aromatic nitrogens is 2. The Balaban J connectivity index is 1.47. The first-order chi connectivity index (χ1) is 13.6. The monoisotopic (exact) mass is 376 g/mol. The van der Waals surface area contributed by atoms with Crippen LogP contribution in [0.25, 0.3) is 11.0 Å². The summed E-state index contributed by atoms with van der Waals surface area (Å²) in [4.78, 5) is 48.6. The predicted molar refractivity (Wildman–Crippen MR) is 104 cm³/mol. The molecule has 0 aliphatic carbocycles. The van der Waals surface area contributed by atoms with Crippen LogP contribution >= 0.6 is 0 Å². The minimum Gasteiger partial charge on any atom is -0.345 e. The van der Waals surface area contributed by atoms with Gasteiger partial charge in [0.15, 0.2) is 0 Å². The number of carbonyl (C=O) groups excluding carboxylic acids is 3. The van der Waals surface area contributed by atoms with E-state index in [1.807, 2.05) is 25.1 Å². The van der Waals surface area contributed by atoms with Gasteiger partial charge < -0.3 is 14.8 Å². The number of Topliss-reactive ketones (excluding diaryl/α,β-unsaturated/α-hetero) is 1. The molecule has 7 heteroatoms. The normalized spacial score (nSPS) is 17.0. The van der Waals surface area contributed by atoms with E-state index in [2.05, 4.69) is 9.97 Å². The maximum Gasteiger partial charge on any atom is 0.295 e. The zero-order valence-electron chi connectivity index (χ0n) is 15.5. The molecule has 3 aromatic rings. The Labute approximate surface area is 162 Å². The fraction of sp³-hybridized carbons (Fsp3) is 0.238. The van der Waals surface area contributed by atoms with Crippen molar-refractivity contribution in [2.75, 3.05) is 19.6 Å². The number of amides is 2. The van der Waals surface area contributed by atoms with Crippen molar-refractivity contribution in [2.24, 2.45) is 0 Å². The van der Waals surface area contributed by atoms with Gasteiger partial charge in [0.1, 0.15) is 5.65 Å². The number of nitrogens with one attached hydrogen (secondary N) is 1. The van der Waals surface area contributed by atoms with Gasteiger partial charge in [0.2, 0.25) is 0 Å². The van der Waals surface area contributed by atoms with Gasteiger partial charge in [0.05, 0.1) is 5.56 Å². The Bertz CT molecular complexity index is 1040. The Kier molecular flexibility index (Phi) is 4.65. The summed E-state index contributed by atoms with van der Waals surface area (Å²) >= 11 is 0. The summed E-state index contributed by atoms with van der Waals surface area (Å²) < 4.78 is 0. The lowest BCUT2D eigenvalue weighted by molar-refractivity contribution is -0.128. The molecule has 2 aromatic heterocycles. The van der Waals surface area contributed by atoms with E-state index < -0.39 is 11.7 Å². The fourth-order valence-electron chi connectivity index (χ4n) is 3.59. The maximum atomic E-state index is 12.8. The summed E-state index contributed by atoms with van der Waals surface area (Å²) in [6, 6.07) is 12.4. The van der Waals surface area contributed by atoms with Crippen LogP contribution in [-0.2, 0) is 4.79 Å². The first kappa shape index (κ1) is 17.9. The standard InChI is InChI=1S/C21H20N4O3/c1-14-13-24(10-11-25(14)20(27)15-6-3-2-4-7-15)21(28)18(26)17-12-23-19-16(17)8-5-9-22-19/h2-9,12,14H,10-11,13H2,1H3,(H,22,23). The summed E-state index contributed by atoms with van der Waals surface area (Å²) in [5.41, 5.74) is 1.52. The molecule has 1 fully saturated rings. The zero-order chi connectivity index (χ0) is 19.7. The van der Waals surface area contributed by atoms with Crippen molar-refractivity contribution in [1.82, 2.24) is 19.8 Å². The highest BCUT2D eigenvalue weighted by Crippen LogP contribution is 2.19. The molecule has 1 unspecified atom stereocenters. The number of carbonyl (C=O) groups is 3. The van der Waals surface area contributed by atoms with Crippen LogP contribution in [0.1, 0.15) is 27.6 Å². The van der Waals surface area contributed by atoms with Gasteiger partial charge in [-0.2, -0.15) is 0 Å². The van der Waals surface area contributed by atoms with Crippen molar-refractivity contribution in [2.45, 2.75) is 13.0 Å². The average molecular weight is 376 g/mol. The number of hydrogen-bond donors (Lipinski definition) is 1. The number of hydrogen-bond acceptors (Lipinski definition) is 4. The number of rotatable bonds is 3. The highest BCUT2D eigenvalue weighted by Gasteiger charge is 2.33. The van der Waals surface area contributed by atoms with Crippen LogP contribution < -0.4 is 0 Å². The van der Waals surface area contributed by atoms with E-state index in [4.69, 9.17) is 0 Å². The molecule has 1 saturated heterocycles. The van der Waals surface area contributed by atoms with Crippen molar-refractivity contribution >= 4 is 28.6 Å². The second-order valence-corrected chi connectivity index (χ2v) is 6.90. The Morgan fingerprint density at radius 3 is 2.61 bits per heavy atom. The molecule has 0 bridgehead atoms. The molecule has 1 aromatic carbocycles. The van der Waals surface area contributed by atoms with E-state index in [-0.39, 0.29) is 11.9 Å². The quantitative estimate of drug-likeness (QED) is 0.560. The van der Waals surface area contributed by atoms with Crippen molar-refractivity contribution in [3.8, 4) is 0 Å². The van der Waals surface area contributed by atoms with E-state index in [9.17, 15) is 14.4 Å². The largest absolute Gasteiger partial charge is 0.345 e. The van der Waals surface area contributed by atoms with Gasteiger partial charge in [-0.25, -0.2) is 4.98 Å².